The van der Waals surface area contributed by atoms with Gasteiger partial charge in [0.1, 0.15) is 13.2 Å². The Bertz CT molecular complexity index is 686. The summed E-state index contributed by atoms with van der Waals surface area (Å²) >= 11 is 7.34. The summed E-state index contributed by atoms with van der Waals surface area (Å²) in [6.07, 6.45) is 0. The van der Waals surface area contributed by atoms with Gasteiger partial charge in [0.05, 0.1) is 11.4 Å². The van der Waals surface area contributed by atoms with Gasteiger partial charge in [0.15, 0.2) is 11.5 Å². The van der Waals surface area contributed by atoms with E-state index >= 15 is 0 Å². The molecule has 0 fully saturated rings. The van der Waals surface area contributed by atoms with Crippen LogP contribution in [0.5, 0.6) is 11.5 Å². The molecule has 2 heterocycles. The van der Waals surface area contributed by atoms with E-state index in [1.165, 1.54) is 0 Å². The number of benzene rings is 2. The second kappa shape index (κ2) is 5.66. The van der Waals surface area contributed by atoms with E-state index in [-0.39, 0.29) is 0 Å². The van der Waals surface area contributed by atoms with Crippen LogP contribution in [0.4, 0.5) is 11.4 Å². The average molecular weight is 426 g/mol. The molecule has 2 N–H and O–H groups in total. The van der Waals surface area contributed by atoms with Gasteiger partial charge in [0, 0.05) is 33.2 Å². The number of fused-ring (bicyclic) bond motifs is 2. The monoisotopic (exact) mass is 424 g/mol. The molecule has 114 valence electrons. The number of rotatable bonds is 1. The Morgan fingerprint density at radius 2 is 1.18 bits per heavy atom. The van der Waals surface area contributed by atoms with Crippen LogP contribution in [0, 0.1) is 0 Å². The number of hydrogen-bond acceptors (Lipinski definition) is 4. The molecule has 0 aromatic heterocycles. The van der Waals surface area contributed by atoms with Gasteiger partial charge in [-0.2, -0.15) is 0 Å². The van der Waals surface area contributed by atoms with Crippen molar-refractivity contribution in [3.8, 4) is 22.6 Å². The molecule has 6 heteroatoms. The first-order valence-electron chi connectivity index (χ1n) is 7.14. The second-order valence-corrected chi connectivity index (χ2v) is 6.86. The highest BCUT2D eigenvalue weighted by Crippen LogP contribution is 2.51. The molecule has 0 aliphatic carbocycles. The van der Waals surface area contributed by atoms with Crippen LogP contribution in [-0.4, -0.2) is 26.3 Å². The Balaban J connectivity index is 2.00. The van der Waals surface area contributed by atoms with E-state index in [0.29, 0.717) is 13.2 Å². The van der Waals surface area contributed by atoms with Crippen molar-refractivity contribution >= 4 is 43.2 Å². The molecular formula is C16H14Br2N2O2. The van der Waals surface area contributed by atoms with Crippen LogP contribution in [-0.2, 0) is 0 Å². The van der Waals surface area contributed by atoms with Gasteiger partial charge in [-0.15, -0.1) is 0 Å². The Kier molecular flexibility index (Phi) is 3.66. The maximum absolute atomic E-state index is 5.95. The summed E-state index contributed by atoms with van der Waals surface area (Å²) in [4.78, 5) is 0. The smallest absolute Gasteiger partial charge is 0.151 e. The van der Waals surface area contributed by atoms with E-state index in [9.17, 15) is 0 Å². The summed E-state index contributed by atoms with van der Waals surface area (Å²) in [7, 11) is 0. The predicted octanol–water partition coefficient (Wildman–Crippen LogP) is 4.49. The van der Waals surface area contributed by atoms with E-state index in [1.807, 2.05) is 24.3 Å². The molecule has 0 atom stereocenters. The lowest BCUT2D eigenvalue weighted by molar-refractivity contribution is 0.319. The van der Waals surface area contributed by atoms with Crippen LogP contribution in [0.25, 0.3) is 11.1 Å². The Labute approximate surface area is 145 Å². The molecule has 0 amide bonds. The zero-order valence-corrected chi connectivity index (χ0v) is 14.9. The van der Waals surface area contributed by atoms with Crippen molar-refractivity contribution in [2.24, 2.45) is 0 Å². The molecule has 0 bridgehead atoms. The third kappa shape index (κ3) is 2.25. The summed E-state index contributed by atoms with van der Waals surface area (Å²) in [6, 6.07) is 8.14. The molecule has 0 unspecified atom stereocenters. The molecule has 2 aromatic rings. The maximum Gasteiger partial charge on any atom is 0.151 e. The predicted molar refractivity (Wildman–Crippen MR) is 95.2 cm³/mol. The SMILES string of the molecule is Brc1ccc2c(c1-c1c(Br)ccc3c1OCCN3)OCCN2. The lowest BCUT2D eigenvalue weighted by Gasteiger charge is -2.27. The fraction of sp³-hybridized carbons (Fsp3) is 0.250. The first kappa shape index (κ1) is 14.2. The van der Waals surface area contributed by atoms with Gasteiger partial charge in [0.25, 0.3) is 0 Å². The number of nitrogens with one attached hydrogen (secondary N) is 2. The molecule has 0 radical (unpaired) electrons. The third-order valence-electron chi connectivity index (χ3n) is 3.79. The van der Waals surface area contributed by atoms with Crippen molar-refractivity contribution in [3.63, 3.8) is 0 Å². The fourth-order valence-electron chi connectivity index (χ4n) is 2.84. The van der Waals surface area contributed by atoms with Crippen LogP contribution in [0.15, 0.2) is 33.2 Å². The summed E-state index contributed by atoms with van der Waals surface area (Å²) in [5.74, 6) is 1.73. The van der Waals surface area contributed by atoms with Gasteiger partial charge in [-0.1, -0.05) is 31.9 Å². The topological polar surface area (TPSA) is 42.5 Å². The number of anilines is 2. The summed E-state index contributed by atoms with van der Waals surface area (Å²) < 4.78 is 13.9. The van der Waals surface area contributed by atoms with Gasteiger partial charge in [-0.05, 0) is 24.3 Å². The maximum atomic E-state index is 5.95. The van der Waals surface area contributed by atoms with E-state index in [0.717, 1.165) is 56.0 Å². The van der Waals surface area contributed by atoms with E-state index in [2.05, 4.69) is 42.5 Å². The van der Waals surface area contributed by atoms with Gasteiger partial charge in [-0.25, -0.2) is 0 Å². The third-order valence-corrected chi connectivity index (χ3v) is 5.11. The summed E-state index contributed by atoms with van der Waals surface area (Å²) in [5, 5.41) is 6.76. The highest BCUT2D eigenvalue weighted by atomic mass is 79.9. The largest absolute Gasteiger partial charge is 0.489 e. The molecular weight excluding hydrogens is 412 g/mol. The summed E-state index contributed by atoms with van der Waals surface area (Å²) in [5.41, 5.74) is 4.05. The fourth-order valence-corrected chi connectivity index (χ4v) is 3.86. The van der Waals surface area contributed by atoms with Gasteiger partial charge >= 0.3 is 0 Å². The number of hydrogen-bond donors (Lipinski definition) is 2. The van der Waals surface area contributed by atoms with Crippen molar-refractivity contribution < 1.29 is 9.47 Å². The van der Waals surface area contributed by atoms with Crippen molar-refractivity contribution in [3.05, 3.63) is 33.2 Å². The van der Waals surface area contributed by atoms with E-state index in [1.54, 1.807) is 0 Å². The molecule has 2 aromatic carbocycles. The average Bonchev–Trinajstić information content (AvgIpc) is 2.56. The second-order valence-electron chi connectivity index (χ2n) is 5.15. The zero-order valence-electron chi connectivity index (χ0n) is 11.7. The van der Waals surface area contributed by atoms with Crippen molar-refractivity contribution in [2.75, 3.05) is 36.9 Å². The van der Waals surface area contributed by atoms with Gasteiger partial charge < -0.3 is 20.1 Å². The highest BCUT2D eigenvalue weighted by Gasteiger charge is 2.25. The minimum atomic E-state index is 0.655. The molecule has 2 aliphatic heterocycles. The van der Waals surface area contributed by atoms with Crippen LogP contribution in [0.3, 0.4) is 0 Å². The van der Waals surface area contributed by atoms with Crippen molar-refractivity contribution in [1.29, 1.82) is 0 Å². The number of ether oxygens (including phenoxy) is 2. The van der Waals surface area contributed by atoms with Gasteiger partial charge in [0.2, 0.25) is 0 Å². The molecule has 0 saturated carbocycles. The molecule has 4 rings (SSSR count). The van der Waals surface area contributed by atoms with Crippen LogP contribution >= 0.6 is 31.9 Å². The zero-order chi connectivity index (χ0) is 15.1. The van der Waals surface area contributed by atoms with Gasteiger partial charge in [-0.3, -0.25) is 0 Å². The van der Waals surface area contributed by atoms with Crippen molar-refractivity contribution in [2.45, 2.75) is 0 Å². The minimum Gasteiger partial charge on any atom is -0.489 e. The minimum absolute atomic E-state index is 0.655. The molecule has 22 heavy (non-hydrogen) atoms. The first-order valence-corrected chi connectivity index (χ1v) is 8.73. The molecule has 0 spiro atoms. The number of halogens is 2. The molecule has 4 nitrogen and oxygen atoms in total. The molecule has 2 aliphatic rings. The lowest BCUT2D eigenvalue weighted by Crippen LogP contribution is -2.20. The Hall–Kier alpha value is -1.40. The Morgan fingerprint density at radius 3 is 1.64 bits per heavy atom. The van der Waals surface area contributed by atoms with E-state index in [4.69, 9.17) is 9.47 Å². The summed E-state index contributed by atoms with van der Waals surface area (Å²) in [6.45, 7) is 2.95. The standard InChI is InChI=1S/C16H14Br2N2O2/c17-9-1-3-11-15(21-7-5-19-11)13(9)14-10(18)2-4-12-16(14)22-8-6-20-12/h1-4,19-20H,5-8H2. The lowest BCUT2D eigenvalue weighted by atomic mass is 10.0. The van der Waals surface area contributed by atoms with Crippen LogP contribution in [0.1, 0.15) is 0 Å². The van der Waals surface area contributed by atoms with Crippen molar-refractivity contribution in [1.82, 2.24) is 0 Å². The normalized spacial score (nSPS) is 15.5. The Morgan fingerprint density at radius 1 is 0.727 bits per heavy atom. The molecule has 0 saturated heterocycles. The van der Waals surface area contributed by atoms with Crippen LogP contribution in [0.2, 0.25) is 0 Å². The van der Waals surface area contributed by atoms with Crippen LogP contribution < -0.4 is 20.1 Å². The van der Waals surface area contributed by atoms with E-state index < -0.39 is 0 Å². The highest BCUT2D eigenvalue weighted by molar-refractivity contribution is 9.11. The first-order chi connectivity index (χ1) is 10.8. The quantitative estimate of drug-likeness (QED) is 0.706.